The van der Waals surface area contributed by atoms with Gasteiger partial charge in [0.25, 0.3) is 0 Å². The fourth-order valence-corrected chi connectivity index (χ4v) is 1.83. The molecule has 1 N–H and O–H groups in total. The molecule has 7 heteroatoms. The van der Waals surface area contributed by atoms with Crippen LogP contribution in [0.3, 0.4) is 0 Å². The van der Waals surface area contributed by atoms with Crippen LogP contribution in [0.1, 0.15) is 5.56 Å². The molecule has 0 radical (unpaired) electrons. The number of likely N-dealkylation sites (tertiary alicyclic amines) is 1. The standard InChI is InChI=1S/C14H13F3N2O2/c1-2-7-18-13(20)19-8-12(9-19)21-11-5-3-10(4-6-11)14(15,16)17/h1,3-6,12H,7-9H2,(H,18,20). The summed E-state index contributed by atoms with van der Waals surface area (Å²) >= 11 is 0. The van der Waals surface area contributed by atoms with Gasteiger partial charge < -0.3 is 15.0 Å². The molecule has 1 aliphatic heterocycles. The quantitative estimate of drug-likeness (QED) is 0.868. The van der Waals surface area contributed by atoms with E-state index in [1.165, 1.54) is 17.0 Å². The number of benzene rings is 1. The highest BCUT2D eigenvalue weighted by Gasteiger charge is 2.33. The van der Waals surface area contributed by atoms with E-state index in [-0.39, 0.29) is 18.7 Å². The smallest absolute Gasteiger partial charge is 0.416 e. The van der Waals surface area contributed by atoms with Gasteiger partial charge in [0.2, 0.25) is 0 Å². The van der Waals surface area contributed by atoms with Crippen LogP contribution in [0.2, 0.25) is 0 Å². The molecule has 1 aromatic rings. The predicted molar refractivity (Wildman–Crippen MR) is 69.7 cm³/mol. The predicted octanol–water partition coefficient (Wildman–Crippen LogP) is 2.11. The molecular formula is C14H13F3N2O2. The number of nitrogens with zero attached hydrogens (tertiary/aromatic N) is 1. The van der Waals surface area contributed by atoms with E-state index < -0.39 is 11.7 Å². The Morgan fingerprint density at radius 1 is 1.38 bits per heavy atom. The molecule has 0 saturated carbocycles. The molecular weight excluding hydrogens is 285 g/mol. The summed E-state index contributed by atoms with van der Waals surface area (Å²) in [5.41, 5.74) is -0.723. The lowest BCUT2D eigenvalue weighted by atomic mass is 10.1. The molecule has 1 saturated heterocycles. The van der Waals surface area contributed by atoms with E-state index in [1.54, 1.807) is 0 Å². The number of carbonyl (C=O) groups is 1. The van der Waals surface area contributed by atoms with Gasteiger partial charge in [-0.2, -0.15) is 13.2 Å². The number of urea groups is 1. The first-order chi connectivity index (χ1) is 9.90. The van der Waals surface area contributed by atoms with Crippen molar-refractivity contribution in [2.75, 3.05) is 19.6 Å². The molecule has 1 aliphatic rings. The second kappa shape index (κ2) is 5.95. The average Bonchev–Trinajstić information content (AvgIpc) is 2.39. The first-order valence-electron chi connectivity index (χ1n) is 6.20. The van der Waals surface area contributed by atoms with E-state index in [2.05, 4.69) is 11.2 Å². The van der Waals surface area contributed by atoms with Crippen molar-refractivity contribution < 1.29 is 22.7 Å². The Hall–Kier alpha value is -2.36. The van der Waals surface area contributed by atoms with E-state index in [1.807, 2.05) is 0 Å². The van der Waals surface area contributed by atoms with Crippen molar-refractivity contribution in [2.24, 2.45) is 0 Å². The van der Waals surface area contributed by atoms with Crippen molar-refractivity contribution in [2.45, 2.75) is 12.3 Å². The van der Waals surface area contributed by atoms with E-state index in [0.29, 0.717) is 18.8 Å². The molecule has 2 amide bonds. The number of nitrogens with one attached hydrogen (secondary N) is 1. The molecule has 1 heterocycles. The van der Waals surface area contributed by atoms with Crippen molar-refractivity contribution in [1.82, 2.24) is 10.2 Å². The molecule has 0 aliphatic carbocycles. The molecule has 112 valence electrons. The van der Waals surface area contributed by atoms with Crippen molar-refractivity contribution in [1.29, 1.82) is 0 Å². The number of hydrogen-bond acceptors (Lipinski definition) is 2. The monoisotopic (exact) mass is 298 g/mol. The summed E-state index contributed by atoms with van der Waals surface area (Å²) in [4.78, 5) is 13.0. The lowest BCUT2D eigenvalue weighted by molar-refractivity contribution is -0.137. The van der Waals surface area contributed by atoms with Crippen LogP contribution in [0.25, 0.3) is 0 Å². The molecule has 1 fully saturated rings. The zero-order chi connectivity index (χ0) is 15.5. The topological polar surface area (TPSA) is 41.6 Å². The van der Waals surface area contributed by atoms with Crippen LogP contribution >= 0.6 is 0 Å². The Morgan fingerprint density at radius 2 is 2.00 bits per heavy atom. The minimum Gasteiger partial charge on any atom is -0.487 e. The van der Waals surface area contributed by atoms with E-state index in [0.717, 1.165) is 12.1 Å². The third-order valence-corrected chi connectivity index (χ3v) is 2.96. The minimum absolute atomic E-state index is 0.153. The van der Waals surface area contributed by atoms with Gasteiger partial charge in [-0.1, -0.05) is 5.92 Å². The lowest BCUT2D eigenvalue weighted by Crippen LogP contribution is -2.58. The van der Waals surface area contributed by atoms with Crippen molar-refractivity contribution in [3.8, 4) is 18.1 Å². The molecule has 0 spiro atoms. The number of hydrogen-bond donors (Lipinski definition) is 1. The summed E-state index contributed by atoms with van der Waals surface area (Å²) in [6.07, 6.45) is 0.437. The maximum Gasteiger partial charge on any atom is 0.416 e. The summed E-state index contributed by atoms with van der Waals surface area (Å²) in [7, 11) is 0. The van der Waals surface area contributed by atoms with Crippen molar-refractivity contribution in [3.63, 3.8) is 0 Å². The summed E-state index contributed by atoms with van der Waals surface area (Å²) in [6, 6.07) is 4.19. The van der Waals surface area contributed by atoms with Crippen LogP contribution in [0.15, 0.2) is 24.3 Å². The van der Waals surface area contributed by atoms with Gasteiger partial charge in [0.15, 0.2) is 0 Å². The molecule has 0 aromatic heterocycles. The highest BCUT2D eigenvalue weighted by atomic mass is 19.4. The maximum atomic E-state index is 12.4. The third-order valence-electron chi connectivity index (χ3n) is 2.96. The fraction of sp³-hybridized carbons (Fsp3) is 0.357. The van der Waals surface area contributed by atoms with Gasteiger partial charge in [-0.25, -0.2) is 4.79 Å². The van der Waals surface area contributed by atoms with Crippen molar-refractivity contribution in [3.05, 3.63) is 29.8 Å². The molecule has 21 heavy (non-hydrogen) atoms. The van der Waals surface area contributed by atoms with Crippen LogP contribution in [-0.2, 0) is 6.18 Å². The number of terminal acetylenes is 1. The largest absolute Gasteiger partial charge is 0.487 e. The number of alkyl halides is 3. The summed E-state index contributed by atoms with van der Waals surface area (Å²) < 4.78 is 42.7. The third kappa shape index (κ3) is 3.81. The van der Waals surface area contributed by atoms with E-state index in [9.17, 15) is 18.0 Å². The van der Waals surface area contributed by atoms with Gasteiger partial charge in [-0.15, -0.1) is 6.42 Å². The highest BCUT2D eigenvalue weighted by Crippen LogP contribution is 2.30. The summed E-state index contributed by atoms with van der Waals surface area (Å²) in [6.45, 7) is 0.897. The SMILES string of the molecule is C#CCNC(=O)N1CC(Oc2ccc(C(F)(F)F)cc2)C1. The zero-order valence-electron chi connectivity index (χ0n) is 11.0. The lowest BCUT2D eigenvalue weighted by Gasteiger charge is -2.38. The molecule has 2 rings (SSSR count). The Morgan fingerprint density at radius 3 is 2.52 bits per heavy atom. The number of halogens is 3. The normalized spacial score (nSPS) is 15.0. The number of carbonyl (C=O) groups excluding carboxylic acids is 1. The summed E-state index contributed by atoms with van der Waals surface area (Å²) in [5, 5.41) is 2.51. The van der Waals surface area contributed by atoms with Crippen LogP contribution in [0, 0.1) is 12.3 Å². The van der Waals surface area contributed by atoms with Gasteiger partial charge in [0.05, 0.1) is 25.2 Å². The Kier molecular flexibility index (Phi) is 4.26. The number of rotatable bonds is 3. The Bertz CT molecular complexity index is 543. The van der Waals surface area contributed by atoms with Crippen LogP contribution in [-0.4, -0.2) is 36.7 Å². The average molecular weight is 298 g/mol. The van der Waals surface area contributed by atoms with E-state index in [4.69, 9.17) is 11.2 Å². The second-order valence-corrected chi connectivity index (χ2v) is 4.53. The molecule has 4 nitrogen and oxygen atoms in total. The first-order valence-corrected chi connectivity index (χ1v) is 6.20. The molecule has 0 unspecified atom stereocenters. The van der Waals surface area contributed by atoms with Gasteiger partial charge in [0.1, 0.15) is 11.9 Å². The van der Waals surface area contributed by atoms with Gasteiger partial charge in [0, 0.05) is 0 Å². The highest BCUT2D eigenvalue weighted by molar-refractivity contribution is 5.75. The zero-order valence-corrected chi connectivity index (χ0v) is 11.0. The molecule has 0 bridgehead atoms. The van der Waals surface area contributed by atoms with Gasteiger partial charge in [-0.05, 0) is 24.3 Å². The fourth-order valence-electron chi connectivity index (χ4n) is 1.83. The summed E-state index contributed by atoms with van der Waals surface area (Å²) in [5.74, 6) is 2.63. The van der Waals surface area contributed by atoms with Crippen molar-refractivity contribution >= 4 is 6.03 Å². The first kappa shape index (κ1) is 15.0. The molecule has 1 aromatic carbocycles. The van der Waals surface area contributed by atoms with Crippen LogP contribution in [0.5, 0.6) is 5.75 Å². The number of amides is 2. The van der Waals surface area contributed by atoms with Gasteiger partial charge >= 0.3 is 12.2 Å². The van der Waals surface area contributed by atoms with E-state index >= 15 is 0 Å². The Labute approximate surface area is 119 Å². The maximum absolute atomic E-state index is 12.4. The second-order valence-electron chi connectivity index (χ2n) is 4.53. The molecule has 0 atom stereocenters. The Balaban J connectivity index is 1.80. The van der Waals surface area contributed by atoms with Crippen LogP contribution in [0.4, 0.5) is 18.0 Å². The number of ether oxygens (including phenoxy) is 1. The van der Waals surface area contributed by atoms with Crippen LogP contribution < -0.4 is 10.1 Å². The van der Waals surface area contributed by atoms with Gasteiger partial charge in [-0.3, -0.25) is 0 Å². The minimum atomic E-state index is -4.36.